The van der Waals surface area contributed by atoms with Crippen molar-refractivity contribution in [1.82, 2.24) is 5.32 Å². The summed E-state index contributed by atoms with van der Waals surface area (Å²) in [5.41, 5.74) is 6.95. The molecule has 1 heterocycles. The van der Waals surface area contributed by atoms with Crippen molar-refractivity contribution in [3.05, 3.63) is 84.9 Å². The molecule has 0 spiro atoms. The topological polar surface area (TPSA) is 126 Å². The lowest BCUT2D eigenvalue weighted by molar-refractivity contribution is -0.127. The van der Waals surface area contributed by atoms with Crippen LogP contribution in [0.1, 0.15) is 19.3 Å². The third kappa shape index (κ3) is 5.66. The van der Waals surface area contributed by atoms with Crippen molar-refractivity contribution in [3.8, 4) is 0 Å². The fourth-order valence-electron chi connectivity index (χ4n) is 4.62. The molecule has 1 aliphatic heterocycles. The van der Waals surface area contributed by atoms with Crippen LogP contribution in [0, 0.1) is 0 Å². The van der Waals surface area contributed by atoms with Crippen molar-refractivity contribution in [1.29, 1.82) is 0 Å². The molecule has 3 atom stereocenters. The fraction of sp³-hybridized carbons (Fsp3) is 0.233. The third-order valence-corrected chi connectivity index (χ3v) is 6.68. The average Bonchev–Trinajstić information content (AvgIpc) is 3.75. The third-order valence-electron chi connectivity index (χ3n) is 6.68. The number of carbonyl (C=O) groups excluding carboxylic acids is 3. The van der Waals surface area contributed by atoms with Gasteiger partial charge in [0.25, 0.3) is 11.8 Å². The van der Waals surface area contributed by atoms with Gasteiger partial charge in [0.15, 0.2) is 12.2 Å². The summed E-state index contributed by atoms with van der Waals surface area (Å²) in [5.74, 6) is -1.22. The highest BCUT2D eigenvalue weighted by Crippen LogP contribution is 2.28. The normalized spacial score (nSPS) is 17.1. The number of hydrogen-bond acceptors (Lipinski definition) is 5. The van der Waals surface area contributed by atoms with Gasteiger partial charge in [-0.3, -0.25) is 14.4 Å². The summed E-state index contributed by atoms with van der Waals surface area (Å²) in [6.07, 6.45) is -0.0589. The van der Waals surface area contributed by atoms with E-state index in [-0.39, 0.29) is 5.91 Å². The van der Waals surface area contributed by atoms with E-state index in [2.05, 4.69) is 16.0 Å². The molecule has 38 heavy (non-hydrogen) atoms. The quantitative estimate of drug-likeness (QED) is 0.190. The molecule has 1 saturated heterocycles. The second kappa shape index (κ2) is 11.4. The minimum absolute atomic E-state index is 0.330. The Balaban J connectivity index is 1.23. The summed E-state index contributed by atoms with van der Waals surface area (Å²) in [5, 5.41) is 12.4. The predicted octanol–water partition coefficient (Wildman–Crippen LogP) is 3.95. The molecule has 1 aliphatic rings. The minimum Gasteiger partial charge on any atom is -0.349 e. The Morgan fingerprint density at radius 1 is 0.711 bits per heavy atom. The zero-order chi connectivity index (χ0) is 26.5. The van der Waals surface area contributed by atoms with Gasteiger partial charge in [-0.25, -0.2) is 0 Å². The number of carbonyl (C=O) groups is 3. The van der Waals surface area contributed by atoms with Gasteiger partial charge < -0.3 is 26.4 Å². The van der Waals surface area contributed by atoms with Crippen molar-refractivity contribution >= 4 is 50.6 Å². The Morgan fingerprint density at radius 3 is 1.89 bits per heavy atom. The van der Waals surface area contributed by atoms with Crippen molar-refractivity contribution in [3.63, 3.8) is 0 Å². The molecule has 5 N–H and O–H groups in total. The van der Waals surface area contributed by atoms with Crippen LogP contribution in [-0.2, 0) is 19.1 Å². The Labute approximate surface area is 220 Å². The van der Waals surface area contributed by atoms with Gasteiger partial charge in [-0.05, 0) is 48.7 Å². The summed E-state index contributed by atoms with van der Waals surface area (Å²) in [6, 6.07) is 26.0. The SMILES string of the molecule is NCCCC[C@H](NC(=O)C1OC1C(=O)Nc1cccc2ccccc12)C(=O)Nc1cccc2ccccc12. The van der Waals surface area contributed by atoms with Crippen LogP contribution in [0.3, 0.4) is 0 Å². The second-order valence-corrected chi connectivity index (χ2v) is 9.35. The van der Waals surface area contributed by atoms with Crippen LogP contribution in [0.15, 0.2) is 84.9 Å². The molecule has 0 aliphatic carbocycles. The van der Waals surface area contributed by atoms with E-state index in [1.165, 1.54) is 0 Å². The monoisotopic (exact) mass is 510 g/mol. The summed E-state index contributed by atoms with van der Waals surface area (Å²) in [4.78, 5) is 39.0. The van der Waals surface area contributed by atoms with Crippen LogP contribution >= 0.6 is 0 Å². The highest BCUT2D eigenvalue weighted by Gasteiger charge is 2.51. The molecule has 0 bridgehead atoms. The molecule has 2 unspecified atom stereocenters. The summed E-state index contributed by atoms with van der Waals surface area (Å²) < 4.78 is 5.43. The van der Waals surface area contributed by atoms with E-state index in [1.807, 2.05) is 84.9 Å². The molecular formula is C30H30N4O4. The first kappa shape index (κ1) is 25.4. The molecule has 3 amide bonds. The lowest BCUT2D eigenvalue weighted by Crippen LogP contribution is -2.46. The molecule has 0 saturated carbocycles. The van der Waals surface area contributed by atoms with Crippen LogP contribution in [0.2, 0.25) is 0 Å². The average molecular weight is 511 g/mol. The van der Waals surface area contributed by atoms with Gasteiger partial charge >= 0.3 is 0 Å². The number of unbranched alkanes of at least 4 members (excludes halogenated alkanes) is 1. The van der Waals surface area contributed by atoms with Gasteiger partial charge in [0, 0.05) is 22.1 Å². The Morgan fingerprint density at radius 2 is 1.26 bits per heavy atom. The van der Waals surface area contributed by atoms with E-state index in [4.69, 9.17) is 10.5 Å². The van der Waals surface area contributed by atoms with Gasteiger partial charge in [0.1, 0.15) is 6.04 Å². The van der Waals surface area contributed by atoms with E-state index in [1.54, 1.807) is 0 Å². The number of rotatable bonds is 10. The number of nitrogens with two attached hydrogens (primary N) is 1. The molecule has 0 radical (unpaired) electrons. The zero-order valence-corrected chi connectivity index (χ0v) is 20.9. The molecule has 8 heteroatoms. The number of anilines is 2. The van der Waals surface area contributed by atoms with Crippen molar-refractivity contribution in [2.45, 2.75) is 37.5 Å². The molecule has 5 rings (SSSR count). The number of fused-ring (bicyclic) bond motifs is 2. The molecule has 0 aromatic heterocycles. The van der Waals surface area contributed by atoms with Gasteiger partial charge in [0.2, 0.25) is 5.91 Å². The van der Waals surface area contributed by atoms with Gasteiger partial charge in [-0.1, -0.05) is 72.8 Å². The van der Waals surface area contributed by atoms with E-state index in [0.717, 1.165) is 28.0 Å². The number of ether oxygens (including phenoxy) is 1. The van der Waals surface area contributed by atoms with Gasteiger partial charge in [-0.2, -0.15) is 0 Å². The van der Waals surface area contributed by atoms with Crippen LogP contribution in [0.5, 0.6) is 0 Å². The number of benzene rings is 4. The number of hydrogen-bond donors (Lipinski definition) is 4. The maximum Gasteiger partial charge on any atom is 0.256 e. The van der Waals surface area contributed by atoms with E-state index < -0.39 is 30.1 Å². The van der Waals surface area contributed by atoms with Crippen LogP contribution < -0.4 is 21.7 Å². The van der Waals surface area contributed by atoms with Crippen molar-refractivity contribution in [2.24, 2.45) is 5.73 Å². The maximum atomic E-state index is 13.2. The number of epoxide rings is 1. The van der Waals surface area contributed by atoms with Crippen LogP contribution in [-0.4, -0.2) is 42.5 Å². The molecule has 4 aromatic rings. The fourth-order valence-corrected chi connectivity index (χ4v) is 4.62. The number of nitrogens with one attached hydrogen (secondary N) is 3. The van der Waals surface area contributed by atoms with E-state index >= 15 is 0 Å². The first-order chi connectivity index (χ1) is 18.5. The standard InChI is InChI=1S/C30H30N4O4/c31-18-6-5-15-25(28(35)32-23-16-7-11-19-9-1-3-13-21(19)23)34-30(37)27-26(38-27)29(36)33-24-17-8-12-20-10-2-4-14-22(20)24/h1-4,7-14,16-17,25-27H,5-6,15,18,31H2,(H,32,35)(H,33,36)(H,34,37)/t25-,26?,27?/m0/s1. The Hall–Kier alpha value is -4.27. The van der Waals surface area contributed by atoms with E-state index in [0.29, 0.717) is 30.8 Å². The van der Waals surface area contributed by atoms with E-state index in [9.17, 15) is 14.4 Å². The minimum atomic E-state index is -0.952. The van der Waals surface area contributed by atoms with Crippen LogP contribution in [0.4, 0.5) is 11.4 Å². The zero-order valence-electron chi connectivity index (χ0n) is 20.9. The summed E-state index contributed by atoms with van der Waals surface area (Å²) in [6.45, 7) is 0.494. The molecule has 8 nitrogen and oxygen atoms in total. The lowest BCUT2D eigenvalue weighted by Gasteiger charge is -2.19. The van der Waals surface area contributed by atoms with Crippen LogP contribution in [0.25, 0.3) is 21.5 Å². The van der Waals surface area contributed by atoms with Crippen molar-refractivity contribution in [2.75, 3.05) is 17.2 Å². The Bertz CT molecular complexity index is 1480. The first-order valence-electron chi connectivity index (χ1n) is 12.8. The largest absolute Gasteiger partial charge is 0.349 e. The summed E-state index contributed by atoms with van der Waals surface area (Å²) >= 11 is 0. The molecule has 1 fully saturated rings. The molecule has 4 aromatic carbocycles. The van der Waals surface area contributed by atoms with Crippen molar-refractivity contribution < 1.29 is 19.1 Å². The van der Waals surface area contributed by atoms with Gasteiger partial charge in [-0.15, -0.1) is 0 Å². The lowest BCUT2D eigenvalue weighted by atomic mass is 10.1. The van der Waals surface area contributed by atoms with Gasteiger partial charge in [0.05, 0.1) is 0 Å². The maximum absolute atomic E-state index is 13.2. The highest BCUT2D eigenvalue weighted by atomic mass is 16.6. The Kier molecular flexibility index (Phi) is 7.62. The first-order valence-corrected chi connectivity index (χ1v) is 12.8. The predicted molar refractivity (Wildman–Crippen MR) is 149 cm³/mol. The molecular weight excluding hydrogens is 480 g/mol. The second-order valence-electron chi connectivity index (χ2n) is 9.35. The molecule has 194 valence electrons. The summed E-state index contributed by atoms with van der Waals surface area (Å²) in [7, 11) is 0. The highest BCUT2D eigenvalue weighted by molar-refractivity contribution is 6.08. The smallest absolute Gasteiger partial charge is 0.256 e. The number of amides is 3.